The van der Waals surface area contributed by atoms with E-state index in [1.54, 1.807) is 0 Å². The lowest BCUT2D eigenvalue weighted by Gasteiger charge is -2.24. The molecule has 0 unspecified atom stereocenters. The fourth-order valence-corrected chi connectivity index (χ4v) is 8.30. The number of hydrogen-bond donors (Lipinski definition) is 0. The zero-order valence-electron chi connectivity index (χ0n) is 25.9. The van der Waals surface area contributed by atoms with E-state index in [0.717, 1.165) is 5.56 Å². The van der Waals surface area contributed by atoms with Crippen molar-refractivity contribution in [1.29, 1.82) is 0 Å². The van der Waals surface area contributed by atoms with Crippen molar-refractivity contribution in [2.75, 3.05) is 0 Å². The molecular formula is C36H44O3S2. The largest absolute Gasteiger partial charge is 0.744 e. The summed E-state index contributed by atoms with van der Waals surface area (Å²) >= 11 is 0. The SMILES string of the molecule is CC(C)c1cc(C(C)C)c(S(=O)(=O)[O-])c(C(C)C)c1.Cc1ccc([S+](c2ccccc2)c2ccccc2)c(C)c1C. The van der Waals surface area contributed by atoms with Gasteiger partial charge in [-0.25, -0.2) is 8.42 Å². The van der Waals surface area contributed by atoms with Crippen LogP contribution in [0, 0.1) is 20.8 Å². The first-order valence-corrected chi connectivity index (χ1v) is 16.9. The van der Waals surface area contributed by atoms with E-state index in [4.69, 9.17) is 0 Å². The zero-order valence-corrected chi connectivity index (χ0v) is 27.5. The summed E-state index contributed by atoms with van der Waals surface area (Å²) in [6.45, 7) is 18.5. The highest BCUT2D eigenvalue weighted by molar-refractivity contribution is 7.97. The fraction of sp³-hybridized carbons (Fsp3) is 0.333. The summed E-state index contributed by atoms with van der Waals surface area (Å²) in [5.74, 6) is 0.322. The first-order chi connectivity index (χ1) is 19.2. The van der Waals surface area contributed by atoms with Crippen LogP contribution >= 0.6 is 0 Å². The fourth-order valence-electron chi connectivity index (χ4n) is 4.83. The zero-order chi connectivity index (χ0) is 30.5. The van der Waals surface area contributed by atoms with Crippen LogP contribution in [-0.2, 0) is 21.0 Å². The van der Waals surface area contributed by atoms with Gasteiger partial charge in [0.1, 0.15) is 10.1 Å². The molecule has 4 rings (SSSR count). The minimum atomic E-state index is -4.45. The van der Waals surface area contributed by atoms with Crippen LogP contribution in [0.15, 0.2) is 105 Å². The van der Waals surface area contributed by atoms with Gasteiger partial charge in [-0.05, 0) is 96.7 Å². The van der Waals surface area contributed by atoms with Crippen molar-refractivity contribution in [1.82, 2.24) is 0 Å². The highest BCUT2D eigenvalue weighted by Gasteiger charge is 2.30. The van der Waals surface area contributed by atoms with Gasteiger partial charge in [-0.15, -0.1) is 0 Å². The molecule has 0 aliphatic rings. The number of aryl methyl sites for hydroxylation is 1. The molecule has 218 valence electrons. The Morgan fingerprint density at radius 1 is 0.610 bits per heavy atom. The summed E-state index contributed by atoms with van der Waals surface area (Å²) in [6.07, 6.45) is 0. The first kappa shape index (κ1) is 32.7. The molecule has 0 aliphatic carbocycles. The van der Waals surface area contributed by atoms with Crippen molar-refractivity contribution in [3.63, 3.8) is 0 Å². The van der Waals surface area contributed by atoms with Crippen LogP contribution in [0.5, 0.6) is 0 Å². The molecule has 0 saturated carbocycles. The van der Waals surface area contributed by atoms with Crippen molar-refractivity contribution in [3.05, 3.63) is 118 Å². The summed E-state index contributed by atoms with van der Waals surface area (Å²) in [5, 5.41) is 0. The summed E-state index contributed by atoms with van der Waals surface area (Å²) in [5.41, 5.74) is 6.55. The van der Waals surface area contributed by atoms with E-state index < -0.39 is 10.1 Å². The molecule has 0 bridgehead atoms. The lowest BCUT2D eigenvalue weighted by Crippen LogP contribution is -2.11. The summed E-state index contributed by atoms with van der Waals surface area (Å²) in [4.78, 5) is 4.17. The first-order valence-electron chi connectivity index (χ1n) is 14.3. The highest BCUT2D eigenvalue weighted by atomic mass is 32.2. The second-order valence-corrected chi connectivity index (χ2v) is 14.8. The van der Waals surface area contributed by atoms with Crippen LogP contribution in [0.25, 0.3) is 0 Å². The lowest BCUT2D eigenvalue weighted by molar-refractivity contribution is 0.459. The highest BCUT2D eigenvalue weighted by Crippen LogP contribution is 2.36. The maximum atomic E-state index is 11.6. The van der Waals surface area contributed by atoms with Crippen LogP contribution < -0.4 is 0 Å². The molecular weight excluding hydrogens is 545 g/mol. The minimum Gasteiger partial charge on any atom is -0.744 e. The molecule has 0 amide bonds. The molecule has 0 radical (unpaired) electrons. The average molecular weight is 589 g/mol. The van der Waals surface area contributed by atoms with Gasteiger partial charge >= 0.3 is 0 Å². The molecule has 3 nitrogen and oxygen atoms in total. The molecule has 0 atom stereocenters. The predicted octanol–water partition coefficient (Wildman–Crippen LogP) is 9.67. The third-order valence-corrected chi connectivity index (χ3v) is 10.9. The molecule has 4 aromatic rings. The Morgan fingerprint density at radius 3 is 1.41 bits per heavy atom. The molecule has 0 spiro atoms. The summed E-state index contributed by atoms with van der Waals surface area (Å²) < 4.78 is 34.8. The van der Waals surface area contributed by atoms with E-state index in [1.807, 2.05) is 39.8 Å². The Kier molecular flexibility index (Phi) is 11.0. The normalized spacial score (nSPS) is 11.8. The van der Waals surface area contributed by atoms with Gasteiger partial charge in [0, 0.05) is 5.56 Å². The number of rotatable bonds is 7. The molecule has 0 saturated heterocycles. The van der Waals surface area contributed by atoms with Gasteiger partial charge in [0.2, 0.25) is 0 Å². The Labute approximate surface area is 251 Å². The molecule has 0 fully saturated rings. The second kappa shape index (κ2) is 13.9. The van der Waals surface area contributed by atoms with Crippen molar-refractivity contribution in [3.8, 4) is 0 Å². The Hall–Kier alpha value is -2.86. The Balaban J connectivity index is 0.000000229. The van der Waals surface area contributed by atoms with Gasteiger partial charge in [-0.2, -0.15) is 0 Å². The van der Waals surface area contributed by atoms with Gasteiger partial charge in [0.25, 0.3) is 0 Å². The topological polar surface area (TPSA) is 57.2 Å². The second-order valence-electron chi connectivity index (χ2n) is 11.5. The molecule has 0 heterocycles. The lowest BCUT2D eigenvalue weighted by atomic mass is 9.89. The number of hydrogen-bond acceptors (Lipinski definition) is 3. The van der Waals surface area contributed by atoms with Crippen molar-refractivity contribution < 1.29 is 13.0 Å². The Bertz CT molecular complexity index is 1490. The standard InChI is InChI=1S/C21H21S.C15H24O3S/c1-16-14-15-21(18(3)17(16)2)22(19-10-6-4-7-11-19)20-12-8-5-9-13-20;1-9(2)12-7-13(10(3)4)15(19(16,17)18)14(8-12)11(5)6/h4-15H,1-3H3;7-11H,1-6H3,(H,16,17,18)/q+1;/p-1. The third kappa shape index (κ3) is 7.91. The maximum Gasteiger partial charge on any atom is 0.169 e. The molecule has 0 N–H and O–H groups in total. The van der Waals surface area contributed by atoms with Crippen LogP contribution in [0.2, 0.25) is 0 Å². The molecule has 4 aromatic carbocycles. The van der Waals surface area contributed by atoms with E-state index in [9.17, 15) is 13.0 Å². The van der Waals surface area contributed by atoms with E-state index in [2.05, 4.69) is 107 Å². The van der Waals surface area contributed by atoms with Crippen LogP contribution in [0.3, 0.4) is 0 Å². The van der Waals surface area contributed by atoms with E-state index in [-0.39, 0.29) is 27.6 Å². The van der Waals surface area contributed by atoms with E-state index in [0.29, 0.717) is 17.0 Å². The van der Waals surface area contributed by atoms with Gasteiger partial charge in [-0.1, -0.05) is 96.1 Å². The van der Waals surface area contributed by atoms with Gasteiger partial charge in [0.05, 0.1) is 15.8 Å². The molecule has 41 heavy (non-hydrogen) atoms. The Morgan fingerprint density at radius 2 is 1.05 bits per heavy atom. The van der Waals surface area contributed by atoms with Crippen LogP contribution in [0.4, 0.5) is 0 Å². The smallest absolute Gasteiger partial charge is 0.169 e. The van der Waals surface area contributed by atoms with E-state index >= 15 is 0 Å². The van der Waals surface area contributed by atoms with Crippen molar-refractivity contribution in [2.24, 2.45) is 0 Å². The summed E-state index contributed by atoms with van der Waals surface area (Å²) in [6, 6.07) is 30.0. The van der Waals surface area contributed by atoms with Crippen LogP contribution in [-0.4, -0.2) is 13.0 Å². The van der Waals surface area contributed by atoms with Crippen LogP contribution in [0.1, 0.15) is 92.7 Å². The monoisotopic (exact) mass is 588 g/mol. The van der Waals surface area contributed by atoms with Gasteiger partial charge in [0.15, 0.2) is 14.7 Å². The third-order valence-electron chi connectivity index (χ3n) is 7.52. The molecule has 0 aliphatic heterocycles. The molecule has 5 heteroatoms. The molecule has 0 aromatic heterocycles. The average Bonchev–Trinajstić information content (AvgIpc) is 2.93. The number of benzene rings is 4. The quantitative estimate of drug-likeness (QED) is 0.159. The summed E-state index contributed by atoms with van der Waals surface area (Å²) in [7, 11) is -4.49. The predicted molar refractivity (Wildman–Crippen MR) is 172 cm³/mol. The van der Waals surface area contributed by atoms with Crippen molar-refractivity contribution in [2.45, 2.75) is 99.6 Å². The van der Waals surface area contributed by atoms with Gasteiger partial charge < -0.3 is 4.55 Å². The maximum absolute atomic E-state index is 11.6. The van der Waals surface area contributed by atoms with Gasteiger partial charge in [-0.3, -0.25) is 0 Å². The minimum absolute atomic E-state index is 0.00919. The van der Waals surface area contributed by atoms with E-state index in [1.165, 1.54) is 31.4 Å². The van der Waals surface area contributed by atoms with Crippen molar-refractivity contribution >= 4 is 21.0 Å².